The molecule has 1 heterocycles. The minimum atomic E-state index is -0.238. The highest BCUT2D eigenvalue weighted by Crippen LogP contribution is 2.27. The van der Waals surface area contributed by atoms with Gasteiger partial charge in [-0.3, -0.25) is 9.69 Å². The van der Waals surface area contributed by atoms with Crippen LogP contribution in [0.1, 0.15) is 29.0 Å². The summed E-state index contributed by atoms with van der Waals surface area (Å²) in [6, 6.07) is 30.9. The molecule has 1 fully saturated rings. The second-order valence-electron chi connectivity index (χ2n) is 7.69. The molecule has 3 heteroatoms. The van der Waals surface area contributed by atoms with E-state index >= 15 is 0 Å². The number of rotatable bonds is 5. The van der Waals surface area contributed by atoms with E-state index in [1.165, 1.54) is 5.56 Å². The van der Waals surface area contributed by atoms with Gasteiger partial charge in [0, 0.05) is 32.7 Å². The first-order chi connectivity index (χ1) is 14.3. The molecule has 3 nitrogen and oxygen atoms in total. The Balaban J connectivity index is 1.49. The third-order valence-electron chi connectivity index (χ3n) is 5.66. The molecule has 0 saturated carbocycles. The van der Waals surface area contributed by atoms with Gasteiger partial charge in [0.05, 0.1) is 5.92 Å². The fraction of sp³-hybridized carbons (Fsp3) is 0.269. The van der Waals surface area contributed by atoms with Crippen molar-refractivity contribution in [2.24, 2.45) is 0 Å². The second-order valence-corrected chi connectivity index (χ2v) is 7.69. The van der Waals surface area contributed by atoms with Gasteiger partial charge in [-0.2, -0.15) is 0 Å². The Morgan fingerprint density at radius 2 is 1.24 bits per heavy atom. The number of carbonyl (C=O) groups is 1. The highest BCUT2D eigenvalue weighted by atomic mass is 16.2. The van der Waals surface area contributed by atoms with Crippen molar-refractivity contribution in [2.75, 3.05) is 26.2 Å². The van der Waals surface area contributed by atoms with Crippen LogP contribution in [0.2, 0.25) is 0 Å². The predicted octanol–water partition coefficient (Wildman–Crippen LogP) is 4.55. The van der Waals surface area contributed by atoms with Gasteiger partial charge in [-0.15, -0.1) is 0 Å². The molecule has 1 aliphatic heterocycles. The first-order valence-electron chi connectivity index (χ1n) is 10.5. The van der Waals surface area contributed by atoms with Crippen LogP contribution >= 0.6 is 0 Å². The van der Waals surface area contributed by atoms with Crippen molar-refractivity contribution in [3.05, 3.63) is 108 Å². The Kier molecular flexibility index (Phi) is 6.38. The molecular formula is C26H28N2O. The first kappa shape index (κ1) is 19.4. The highest BCUT2D eigenvalue weighted by molar-refractivity contribution is 5.87. The molecule has 4 rings (SSSR count). The summed E-state index contributed by atoms with van der Waals surface area (Å²) in [5, 5.41) is 0. The van der Waals surface area contributed by atoms with Gasteiger partial charge in [0.1, 0.15) is 0 Å². The summed E-state index contributed by atoms with van der Waals surface area (Å²) >= 11 is 0. The lowest BCUT2D eigenvalue weighted by molar-refractivity contribution is -0.131. The van der Waals surface area contributed by atoms with E-state index in [4.69, 9.17) is 0 Å². The maximum absolute atomic E-state index is 13.6. The molecule has 148 valence electrons. The zero-order valence-corrected chi connectivity index (χ0v) is 16.8. The number of hydrogen-bond acceptors (Lipinski definition) is 2. The van der Waals surface area contributed by atoms with Gasteiger partial charge in [-0.05, 0) is 23.1 Å². The summed E-state index contributed by atoms with van der Waals surface area (Å²) in [7, 11) is 0. The first-order valence-corrected chi connectivity index (χ1v) is 10.5. The van der Waals surface area contributed by atoms with E-state index in [1.807, 2.05) is 36.4 Å². The van der Waals surface area contributed by atoms with Crippen molar-refractivity contribution in [2.45, 2.75) is 18.9 Å². The Labute approximate surface area is 173 Å². The highest BCUT2D eigenvalue weighted by Gasteiger charge is 2.28. The van der Waals surface area contributed by atoms with Crippen molar-refractivity contribution in [1.29, 1.82) is 0 Å². The van der Waals surface area contributed by atoms with Crippen molar-refractivity contribution >= 4 is 5.91 Å². The zero-order valence-electron chi connectivity index (χ0n) is 16.8. The summed E-state index contributed by atoms with van der Waals surface area (Å²) < 4.78 is 0. The number of nitrogens with zero attached hydrogens (tertiary/aromatic N) is 2. The van der Waals surface area contributed by atoms with Gasteiger partial charge in [0.2, 0.25) is 5.91 Å². The lowest BCUT2D eigenvalue weighted by Crippen LogP contribution is -2.38. The van der Waals surface area contributed by atoms with E-state index in [-0.39, 0.29) is 11.8 Å². The van der Waals surface area contributed by atoms with E-state index in [2.05, 4.69) is 64.4 Å². The lowest BCUT2D eigenvalue weighted by Gasteiger charge is -2.27. The molecule has 0 N–H and O–H groups in total. The molecule has 3 aromatic rings. The fourth-order valence-electron chi connectivity index (χ4n) is 4.14. The fourth-order valence-corrected chi connectivity index (χ4v) is 4.14. The largest absolute Gasteiger partial charge is 0.341 e. The number of hydrogen-bond donors (Lipinski definition) is 0. The molecule has 0 radical (unpaired) electrons. The quantitative estimate of drug-likeness (QED) is 0.644. The van der Waals surface area contributed by atoms with Crippen LogP contribution in [0, 0.1) is 0 Å². The van der Waals surface area contributed by atoms with Crippen LogP contribution in [0.25, 0.3) is 0 Å². The minimum Gasteiger partial charge on any atom is -0.341 e. The summed E-state index contributed by atoms with van der Waals surface area (Å²) in [5.41, 5.74) is 3.46. The standard InChI is InChI=1S/C26H28N2O/c29-26(25(23-13-6-2-7-14-23)24-15-8-3-9-16-24)28-18-10-17-27(19-20-28)21-22-11-4-1-5-12-22/h1-9,11-16,25H,10,17-21H2. The molecule has 1 saturated heterocycles. The predicted molar refractivity (Wildman–Crippen MR) is 118 cm³/mol. The topological polar surface area (TPSA) is 23.6 Å². The molecule has 0 spiro atoms. The van der Waals surface area contributed by atoms with Crippen LogP contribution < -0.4 is 0 Å². The average Bonchev–Trinajstić information content (AvgIpc) is 3.02. The van der Waals surface area contributed by atoms with Crippen LogP contribution in [0.3, 0.4) is 0 Å². The molecule has 0 aromatic heterocycles. The second kappa shape index (κ2) is 9.53. The van der Waals surface area contributed by atoms with E-state index in [0.717, 1.165) is 50.3 Å². The third-order valence-corrected chi connectivity index (χ3v) is 5.66. The monoisotopic (exact) mass is 384 g/mol. The number of amides is 1. The molecule has 0 bridgehead atoms. The van der Waals surface area contributed by atoms with Crippen molar-refractivity contribution in [3.63, 3.8) is 0 Å². The van der Waals surface area contributed by atoms with E-state index in [9.17, 15) is 4.79 Å². The van der Waals surface area contributed by atoms with Crippen molar-refractivity contribution < 1.29 is 4.79 Å². The number of carbonyl (C=O) groups excluding carboxylic acids is 1. The molecule has 0 atom stereocenters. The molecule has 29 heavy (non-hydrogen) atoms. The van der Waals surface area contributed by atoms with E-state index in [0.29, 0.717) is 0 Å². The molecule has 0 aliphatic carbocycles. The average molecular weight is 385 g/mol. The van der Waals surface area contributed by atoms with Crippen LogP contribution in [-0.2, 0) is 11.3 Å². The van der Waals surface area contributed by atoms with Gasteiger partial charge in [-0.1, -0.05) is 91.0 Å². The summed E-state index contributed by atoms with van der Waals surface area (Å²) in [6.07, 6.45) is 1.01. The lowest BCUT2D eigenvalue weighted by atomic mass is 9.90. The maximum Gasteiger partial charge on any atom is 0.234 e. The van der Waals surface area contributed by atoms with Crippen LogP contribution in [0.5, 0.6) is 0 Å². The molecule has 1 aliphatic rings. The molecular weight excluding hydrogens is 356 g/mol. The molecule has 0 unspecified atom stereocenters. The van der Waals surface area contributed by atoms with Gasteiger partial charge < -0.3 is 4.90 Å². The van der Waals surface area contributed by atoms with Gasteiger partial charge in [-0.25, -0.2) is 0 Å². The summed E-state index contributed by atoms with van der Waals surface area (Å²) in [6.45, 7) is 4.49. The Morgan fingerprint density at radius 1 is 0.690 bits per heavy atom. The SMILES string of the molecule is O=C(C(c1ccccc1)c1ccccc1)N1CCCN(Cc2ccccc2)CC1. The normalized spacial score (nSPS) is 15.3. The maximum atomic E-state index is 13.6. The van der Waals surface area contributed by atoms with E-state index < -0.39 is 0 Å². The third kappa shape index (κ3) is 4.93. The van der Waals surface area contributed by atoms with Crippen LogP contribution in [0.4, 0.5) is 0 Å². The Hall–Kier alpha value is -2.91. The number of benzene rings is 3. The van der Waals surface area contributed by atoms with Gasteiger partial charge in [0.25, 0.3) is 0 Å². The Morgan fingerprint density at radius 3 is 1.83 bits per heavy atom. The van der Waals surface area contributed by atoms with Crippen molar-refractivity contribution in [3.8, 4) is 0 Å². The Bertz CT molecular complexity index is 856. The van der Waals surface area contributed by atoms with E-state index in [1.54, 1.807) is 0 Å². The smallest absolute Gasteiger partial charge is 0.234 e. The minimum absolute atomic E-state index is 0.212. The zero-order chi connectivity index (χ0) is 19.9. The molecule has 1 amide bonds. The van der Waals surface area contributed by atoms with Gasteiger partial charge >= 0.3 is 0 Å². The van der Waals surface area contributed by atoms with Gasteiger partial charge in [0.15, 0.2) is 0 Å². The van der Waals surface area contributed by atoms with Crippen LogP contribution in [-0.4, -0.2) is 41.9 Å². The van der Waals surface area contributed by atoms with Crippen LogP contribution in [0.15, 0.2) is 91.0 Å². The summed E-state index contributed by atoms with van der Waals surface area (Å²) in [5.74, 6) is -0.0259. The summed E-state index contributed by atoms with van der Waals surface area (Å²) in [4.78, 5) is 18.2. The molecule has 3 aromatic carbocycles. The van der Waals surface area contributed by atoms with Crippen molar-refractivity contribution in [1.82, 2.24) is 9.80 Å².